The van der Waals surface area contributed by atoms with E-state index >= 15 is 0 Å². The van der Waals surface area contributed by atoms with Gasteiger partial charge in [0.25, 0.3) is 17.3 Å². The third-order valence-electron chi connectivity index (χ3n) is 4.00. The van der Waals surface area contributed by atoms with E-state index in [1.807, 2.05) is 0 Å². The molecule has 12 nitrogen and oxygen atoms in total. The minimum atomic E-state index is -3.97. The van der Waals surface area contributed by atoms with Crippen LogP contribution in [0.4, 0.5) is 11.4 Å². The maximum Gasteiger partial charge on any atom is 0.280 e. The van der Waals surface area contributed by atoms with E-state index in [0.29, 0.717) is 10.2 Å². The van der Waals surface area contributed by atoms with Crippen molar-refractivity contribution in [1.82, 2.24) is 4.57 Å². The second kappa shape index (κ2) is 8.07. The summed E-state index contributed by atoms with van der Waals surface area (Å²) in [5.41, 5.74) is -1.17. The molecule has 0 aliphatic carbocycles. The molecule has 2 N–H and O–H groups in total. The summed E-state index contributed by atoms with van der Waals surface area (Å²) < 4.78 is 25.0. The Morgan fingerprint density at radius 3 is 2.29 bits per heavy atom. The van der Waals surface area contributed by atoms with Crippen molar-refractivity contribution in [2.75, 3.05) is 0 Å². The fourth-order valence-corrected chi connectivity index (χ4v) is 4.32. The lowest BCUT2D eigenvalue weighted by Gasteiger charge is -2.01. The number of carbonyl (C=O) groups excluding carboxylic acids is 1. The Labute approximate surface area is 177 Å². The van der Waals surface area contributed by atoms with Crippen LogP contribution in [0.5, 0.6) is 0 Å². The van der Waals surface area contributed by atoms with E-state index in [2.05, 4.69) is 10.9 Å². The molecule has 0 aliphatic rings. The lowest BCUT2D eigenvalue weighted by Crippen LogP contribution is -2.16. The summed E-state index contributed by atoms with van der Waals surface area (Å²) in [6, 6.07) is 6.48. The number of benzene rings is 2. The molecule has 3 rings (SSSR count). The lowest BCUT2D eigenvalue weighted by atomic mass is 10.1. The van der Waals surface area contributed by atoms with Gasteiger partial charge in [0.2, 0.25) is 10.0 Å². The molecule has 0 unspecified atom stereocenters. The summed E-state index contributed by atoms with van der Waals surface area (Å²) >= 11 is 0.930. The minimum absolute atomic E-state index is 0.0179. The van der Waals surface area contributed by atoms with Crippen LogP contribution in [-0.4, -0.2) is 28.7 Å². The maximum atomic E-state index is 12.6. The number of rotatable bonds is 5. The predicted molar refractivity (Wildman–Crippen MR) is 110 cm³/mol. The van der Waals surface area contributed by atoms with Crippen LogP contribution in [0.1, 0.15) is 10.4 Å². The SMILES string of the molecule is C#CCn1c(=NC(=O)c2cc([N+](=O)[O-])cc([N+](=O)[O-])c2)sc2cc(S(N)(=O)=O)ccc21. The Bertz CT molecular complexity index is 1450. The van der Waals surface area contributed by atoms with Gasteiger partial charge in [0, 0.05) is 12.1 Å². The van der Waals surface area contributed by atoms with Crippen LogP contribution < -0.4 is 9.94 Å². The van der Waals surface area contributed by atoms with Crippen molar-refractivity contribution in [2.24, 2.45) is 10.1 Å². The van der Waals surface area contributed by atoms with Gasteiger partial charge < -0.3 is 4.57 Å². The molecule has 0 aliphatic heterocycles. The van der Waals surface area contributed by atoms with Crippen LogP contribution in [0.25, 0.3) is 10.2 Å². The summed E-state index contributed by atoms with van der Waals surface area (Å²) in [5, 5.41) is 27.2. The third kappa shape index (κ3) is 4.48. The topological polar surface area (TPSA) is 181 Å². The zero-order valence-corrected chi connectivity index (χ0v) is 16.9. The number of nitro benzene ring substituents is 2. The Morgan fingerprint density at radius 2 is 1.77 bits per heavy atom. The van der Waals surface area contributed by atoms with Crippen molar-refractivity contribution in [3.8, 4) is 12.3 Å². The molecule has 0 bridgehead atoms. The van der Waals surface area contributed by atoms with Crippen LogP contribution in [0.3, 0.4) is 0 Å². The van der Waals surface area contributed by atoms with Crippen molar-refractivity contribution in [3.63, 3.8) is 0 Å². The lowest BCUT2D eigenvalue weighted by molar-refractivity contribution is -0.394. The zero-order valence-electron chi connectivity index (χ0n) is 15.3. The maximum absolute atomic E-state index is 12.6. The van der Waals surface area contributed by atoms with Gasteiger partial charge in [-0.1, -0.05) is 17.3 Å². The van der Waals surface area contributed by atoms with E-state index in [1.165, 1.54) is 22.8 Å². The van der Waals surface area contributed by atoms with Gasteiger partial charge in [0.1, 0.15) is 0 Å². The smallest absolute Gasteiger partial charge is 0.280 e. The molecule has 31 heavy (non-hydrogen) atoms. The van der Waals surface area contributed by atoms with E-state index in [9.17, 15) is 33.4 Å². The van der Waals surface area contributed by atoms with Crippen molar-refractivity contribution >= 4 is 48.9 Å². The molecular formula is C17H11N5O7S2. The molecule has 2 aromatic carbocycles. The number of terminal acetylenes is 1. The number of primary sulfonamides is 1. The average molecular weight is 461 g/mol. The fraction of sp³-hybridized carbons (Fsp3) is 0.0588. The number of non-ortho nitro benzene ring substituents is 2. The molecule has 0 saturated carbocycles. The highest BCUT2D eigenvalue weighted by Gasteiger charge is 2.20. The second-order valence-corrected chi connectivity index (χ2v) is 8.59. The first-order valence-electron chi connectivity index (χ1n) is 8.14. The van der Waals surface area contributed by atoms with E-state index in [4.69, 9.17) is 11.6 Å². The first-order valence-corrected chi connectivity index (χ1v) is 10.5. The van der Waals surface area contributed by atoms with Crippen molar-refractivity contribution in [2.45, 2.75) is 11.4 Å². The highest BCUT2D eigenvalue weighted by atomic mass is 32.2. The molecule has 0 atom stereocenters. The molecule has 158 valence electrons. The highest BCUT2D eigenvalue weighted by Crippen LogP contribution is 2.24. The van der Waals surface area contributed by atoms with Crippen LogP contribution in [0.15, 0.2) is 46.3 Å². The largest absolute Gasteiger partial charge is 0.305 e. The summed E-state index contributed by atoms with van der Waals surface area (Å²) in [7, 11) is -3.97. The molecule has 0 saturated heterocycles. The number of amides is 1. The van der Waals surface area contributed by atoms with E-state index in [1.54, 1.807) is 0 Å². The number of nitro groups is 2. The average Bonchev–Trinajstić information content (AvgIpc) is 3.03. The Balaban J connectivity index is 2.21. The number of hydrogen-bond acceptors (Lipinski definition) is 8. The van der Waals surface area contributed by atoms with Gasteiger partial charge >= 0.3 is 0 Å². The van der Waals surface area contributed by atoms with Gasteiger partial charge in [-0.3, -0.25) is 25.0 Å². The molecule has 1 heterocycles. The fourth-order valence-electron chi connectivity index (χ4n) is 2.64. The van der Waals surface area contributed by atoms with Crippen LogP contribution in [0, 0.1) is 32.6 Å². The summed E-state index contributed by atoms with van der Waals surface area (Å²) in [5.74, 6) is 1.41. The number of carbonyl (C=O) groups is 1. The Hall–Kier alpha value is -3.93. The van der Waals surface area contributed by atoms with Crippen LogP contribution in [-0.2, 0) is 16.6 Å². The number of hydrogen-bond donors (Lipinski definition) is 1. The van der Waals surface area contributed by atoms with Gasteiger partial charge in [0.15, 0.2) is 4.80 Å². The van der Waals surface area contributed by atoms with Gasteiger partial charge in [-0.15, -0.1) is 6.42 Å². The van der Waals surface area contributed by atoms with Crippen LogP contribution >= 0.6 is 11.3 Å². The molecule has 3 aromatic rings. The van der Waals surface area contributed by atoms with Gasteiger partial charge in [-0.25, -0.2) is 13.6 Å². The third-order valence-corrected chi connectivity index (χ3v) is 5.95. The monoisotopic (exact) mass is 461 g/mol. The summed E-state index contributed by atoms with van der Waals surface area (Å²) in [6.45, 7) is -0.0179. The first kappa shape index (κ1) is 21.8. The number of nitrogens with zero attached hydrogens (tertiary/aromatic N) is 4. The van der Waals surface area contributed by atoms with E-state index in [-0.39, 0.29) is 21.8 Å². The predicted octanol–water partition coefficient (Wildman–Crippen LogP) is 1.54. The van der Waals surface area contributed by atoms with E-state index < -0.39 is 37.2 Å². The molecule has 1 aromatic heterocycles. The minimum Gasteiger partial charge on any atom is -0.305 e. The molecule has 0 radical (unpaired) electrons. The van der Waals surface area contributed by atoms with E-state index in [0.717, 1.165) is 29.5 Å². The Morgan fingerprint density at radius 1 is 1.16 bits per heavy atom. The first-order chi connectivity index (χ1) is 14.5. The van der Waals surface area contributed by atoms with Crippen molar-refractivity contribution in [1.29, 1.82) is 0 Å². The van der Waals surface area contributed by atoms with Gasteiger partial charge in [-0.05, 0) is 18.2 Å². The molecule has 0 fully saturated rings. The van der Waals surface area contributed by atoms with Crippen molar-refractivity contribution < 1.29 is 23.1 Å². The van der Waals surface area contributed by atoms with Crippen LogP contribution in [0.2, 0.25) is 0 Å². The van der Waals surface area contributed by atoms with Crippen molar-refractivity contribution in [3.05, 3.63) is 67.0 Å². The second-order valence-electron chi connectivity index (χ2n) is 6.02. The normalized spacial score (nSPS) is 11.9. The number of thiazole rings is 1. The molecule has 1 amide bonds. The molecule has 0 spiro atoms. The summed E-state index contributed by atoms with van der Waals surface area (Å²) in [6.07, 6.45) is 5.37. The number of aromatic nitrogens is 1. The highest BCUT2D eigenvalue weighted by molar-refractivity contribution is 7.89. The molecule has 14 heteroatoms. The number of fused-ring (bicyclic) bond motifs is 1. The summed E-state index contributed by atoms with van der Waals surface area (Å²) in [4.78, 5) is 36.8. The molecular weight excluding hydrogens is 450 g/mol. The van der Waals surface area contributed by atoms with Gasteiger partial charge in [0.05, 0.1) is 43.1 Å². The zero-order chi connectivity index (χ0) is 22.9. The number of nitrogens with two attached hydrogens (primary N) is 1. The quantitative estimate of drug-likeness (QED) is 0.339. The Kier molecular flexibility index (Phi) is 5.66. The number of sulfonamides is 1. The van der Waals surface area contributed by atoms with Gasteiger partial charge in [-0.2, -0.15) is 4.99 Å². The standard InChI is InChI=1S/C17H11N5O7S2/c1-2-5-20-14-4-3-13(31(18,28)29)9-15(14)30-17(20)19-16(23)10-6-11(21(24)25)8-12(7-10)22(26)27/h1,3-4,6-9H,5H2,(H2,18,28,29).